The predicted octanol–water partition coefficient (Wildman–Crippen LogP) is 2.99. The van der Waals surface area contributed by atoms with Gasteiger partial charge in [-0.05, 0) is 81.6 Å². The highest BCUT2D eigenvalue weighted by Gasteiger charge is 2.60. The minimum Gasteiger partial charge on any atom is -0.349 e. The predicted molar refractivity (Wildman–Crippen MR) is 107 cm³/mol. The molecule has 0 spiro atoms. The molecule has 0 aromatic rings. The second-order valence-corrected chi connectivity index (χ2v) is 10.2. The Balaban J connectivity index is 1.55. The third-order valence-corrected chi connectivity index (χ3v) is 8.97. The summed E-state index contributed by atoms with van der Waals surface area (Å²) >= 11 is 0. The van der Waals surface area contributed by atoms with E-state index in [0.29, 0.717) is 17.8 Å². The van der Waals surface area contributed by atoms with E-state index in [2.05, 4.69) is 30.6 Å². The van der Waals surface area contributed by atoms with Crippen LogP contribution in [0.2, 0.25) is 0 Å². The lowest BCUT2D eigenvalue weighted by atomic mass is 9.48. The third kappa shape index (κ3) is 2.84. The number of carbonyl (C=O) groups excluding carboxylic acids is 3. The van der Waals surface area contributed by atoms with E-state index in [1.807, 2.05) is 0 Å². The van der Waals surface area contributed by atoms with E-state index in [1.165, 1.54) is 6.92 Å². The first-order chi connectivity index (χ1) is 13.2. The van der Waals surface area contributed by atoms with Crippen LogP contribution in [0.25, 0.3) is 0 Å². The summed E-state index contributed by atoms with van der Waals surface area (Å²) in [7, 11) is 0. The lowest BCUT2D eigenvalue weighted by molar-refractivity contribution is -0.136. The number of Topliss-reactive ketones (excluding diaryl/α,β-unsaturated/α-hetero) is 1. The fraction of sp³-hybridized carbons (Fsp3) is 0.783. The van der Waals surface area contributed by atoms with Gasteiger partial charge in [0, 0.05) is 17.4 Å². The molecule has 1 aliphatic heterocycles. The van der Waals surface area contributed by atoms with Crippen molar-refractivity contribution in [2.45, 2.75) is 78.3 Å². The maximum Gasteiger partial charge on any atom is 0.243 e. The average Bonchev–Trinajstić information content (AvgIpc) is 2.99. The van der Waals surface area contributed by atoms with Crippen molar-refractivity contribution < 1.29 is 14.4 Å². The van der Waals surface area contributed by atoms with E-state index < -0.39 is 6.04 Å². The molecule has 3 saturated carbocycles. The maximum atomic E-state index is 13.0. The Morgan fingerprint density at radius 3 is 2.61 bits per heavy atom. The Morgan fingerprint density at radius 1 is 1.14 bits per heavy atom. The largest absolute Gasteiger partial charge is 0.349 e. The van der Waals surface area contributed by atoms with Gasteiger partial charge in [-0.25, -0.2) is 0 Å². The molecule has 154 valence electrons. The number of nitrogens with one attached hydrogen (secondary N) is 2. The molecule has 8 atom stereocenters. The molecule has 5 nitrogen and oxygen atoms in total. The topological polar surface area (TPSA) is 75.3 Å². The summed E-state index contributed by atoms with van der Waals surface area (Å²) in [5, 5.41) is 6.16. The third-order valence-electron chi connectivity index (χ3n) is 8.97. The summed E-state index contributed by atoms with van der Waals surface area (Å²) in [6.45, 7) is 7.94. The van der Waals surface area contributed by atoms with Crippen LogP contribution in [0.3, 0.4) is 0 Å². The average molecular weight is 387 g/mol. The van der Waals surface area contributed by atoms with Gasteiger partial charge in [-0.2, -0.15) is 0 Å². The van der Waals surface area contributed by atoms with Crippen LogP contribution in [-0.2, 0) is 14.4 Å². The minimum atomic E-state index is -0.406. The van der Waals surface area contributed by atoms with Crippen LogP contribution < -0.4 is 10.6 Å². The number of ketones is 1. The molecule has 3 fully saturated rings. The van der Waals surface area contributed by atoms with Gasteiger partial charge in [-0.1, -0.05) is 19.9 Å². The van der Waals surface area contributed by atoms with E-state index in [4.69, 9.17) is 0 Å². The van der Waals surface area contributed by atoms with Crippen molar-refractivity contribution in [3.8, 4) is 0 Å². The lowest BCUT2D eigenvalue weighted by Gasteiger charge is -2.58. The number of amides is 2. The molecule has 4 aliphatic rings. The van der Waals surface area contributed by atoms with Gasteiger partial charge in [0.15, 0.2) is 5.78 Å². The standard InChI is InChI=1S/C23H34N2O3/c1-13(14(2)26)24-21(28)18-7-6-16-15-5-8-19-23(4,12-10-20(27)25-19)17(15)9-11-22(16,18)3/h10,12-13,15-19H,5-9,11H2,1-4H3,(H,24,28)(H,25,27)/t13?,15-,16-,17+,18?,19?,22-,23+/m0/s1. The zero-order valence-corrected chi connectivity index (χ0v) is 17.6. The fourth-order valence-corrected chi connectivity index (χ4v) is 7.18. The molecule has 0 aromatic heterocycles. The van der Waals surface area contributed by atoms with E-state index in [-0.39, 0.29) is 40.4 Å². The van der Waals surface area contributed by atoms with Gasteiger partial charge in [0.1, 0.15) is 0 Å². The maximum absolute atomic E-state index is 13.0. The first-order valence-electron chi connectivity index (χ1n) is 11.0. The molecule has 0 aromatic carbocycles. The molecule has 5 heteroatoms. The molecule has 0 saturated heterocycles. The van der Waals surface area contributed by atoms with Crippen molar-refractivity contribution in [1.82, 2.24) is 10.6 Å². The summed E-state index contributed by atoms with van der Waals surface area (Å²) in [6.07, 6.45) is 10.2. The van der Waals surface area contributed by atoms with Gasteiger partial charge in [-0.3, -0.25) is 14.4 Å². The van der Waals surface area contributed by atoms with E-state index >= 15 is 0 Å². The highest BCUT2D eigenvalue weighted by Crippen LogP contribution is 2.64. The van der Waals surface area contributed by atoms with Crippen LogP contribution in [0, 0.1) is 34.5 Å². The molecule has 3 unspecified atom stereocenters. The zero-order valence-electron chi connectivity index (χ0n) is 17.6. The van der Waals surface area contributed by atoms with Gasteiger partial charge >= 0.3 is 0 Å². The second kappa shape index (κ2) is 6.70. The van der Waals surface area contributed by atoms with Gasteiger partial charge in [0.2, 0.25) is 11.8 Å². The Morgan fingerprint density at radius 2 is 1.89 bits per heavy atom. The molecule has 2 amide bonds. The summed E-state index contributed by atoms with van der Waals surface area (Å²) in [6, 6.07) is -0.163. The summed E-state index contributed by atoms with van der Waals surface area (Å²) < 4.78 is 0. The highest BCUT2D eigenvalue weighted by atomic mass is 16.2. The highest BCUT2D eigenvalue weighted by molar-refractivity contribution is 5.89. The number of fused-ring (bicyclic) bond motifs is 5. The molecule has 1 heterocycles. The first-order valence-corrected chi connectivity index (χ1v) is 11.0. The van der Waals surface area contributed by atoms with E-state index in [0.717, 1.165) is 38.5 Å². The van der Waals surface area contributed by atoms with Crippen LogP contribution >= 0.6 is 0 Å². The van der Waals surface area contributed by atoms with Crippen LogP contribution in [-0.4, -0.2) is 29.7 Å². The van der Waals surface area contributed by atoms with Gasteiger partial charge < -0.3 is 10.6 Å². The van der Waals surface area contributed by atoms with E-state index in [9.17, 15) is 14.4 Å². The van der Waals surface area contributed by atoms with Crippen molar-refractivity contribution in [3.05, 3.63) is 12.2 Å². The minimum absolute atomic E-state index is 0.00683. The van der Waals surface area contributed by atoms with Crippen molar-refractivity contribution in [2.24, 2.45) is 34.5 Å². The van der Waals surface area contributed by atoms with Gasteiger partial charge in [0.25, 0.3) is 0 Å². The molecular weight excluding hydrogens is 352 g/mol. The molecule has 4 rings (SSSR count). The van der Waals surface area contributed by atoms with Crippen LogP contribution in [0.15, 0.2) is 12.2 Å². The number of hydrogen-bond donors (Lipinski definition) is 2. The summed E-state index contributed by atoms with van der Waals surface area (Å²) in [4.78, 5) is 36.4. The Kier molecular flexibility index (Phi) is 4.71. The normalized spacial score (nSPS) is 45.3. The van der Waals surface area contributed by atoms with Crippen LogP contribution in [0.4, 0.5) is 0 Å². The summed E-state index contributed by atoms with van der Waals surface area (Å²) in [5.74, 6) is 1.86. The molecular formula is C23H34N2O3. The Labute approximate surface area is 168 Å². The Bertz CT molecular complexity index is 731. The SMILES string of the molecule is CC(=O)C(C)NC(=O)C1CC[C@H]2[C@@H]3CCC4NC(=O)C=C[C@]4(C)[C@@H]3CC[C@]12C. The van der Waals surface area contributed by atoms with Gasteiger partial charge in [-0.15, -0.1) is 0 Å². The van der Waals surface area contributed by atoms with Crippen LogP contribution in [0.1, 0.15) is 66.2 Å². The number of hydrogen-bond acceptors (Lipinski definition) is 3. The number of carbonyl (C=O) groups is 3. The molecule has 0 radical (unpaired) electrons. The summed E-state index contributed by atoms with van der Waals surface area (Å²) in [5.41, 5.74) is 0.0498. The smallest absolute Gasteiger partial charge is 0.243 e. The molecule has 0 bridgehead atoms. The fourth-order valence-electron chi connectivity index (χ4n) is 7.18. The van der Waals surface area contributed by atoms with E-state index in [1.54, 1.807) is 13.0 Å². The van der Waals surface area contributed by atoms with Gasteiger partial charge in [0.05, 0.1) is 6.04 Å². The first kappa shape index (κ1) is 19.7. The van der Waals surface area contributed by atoms with Crippen molar-refractivity contribution in [2.75, 3.05) is 0 Å². The molecule has 28 heavy (non-hydrogen) atoms. The van der Waals surface area contributed by atoms with Crippen LogP contribution in [0.5, 0.6) is 0 Å². The quantitative estimate of drug-likeness (QED) is 0.783. The van der Waals surface area contributed by atoms with Crippen molar-refractivity contribution in [1.29, 1.82) is 0 Å². The van der Waals surface area contributed by atoms with Crippen molar-refractivity contribution >= 4 is 17.6 Å². The Hall–Kier alpha value is -1.65. The zero-order chi connectivity index (χ0) is 20.3. The van der Waals surface area contributed by atoms with Crippen molar-refractivity contribution in [3.63, 3.8) is 0 Å². The molecule has 2 N–H and O–H groups in total. The lowest BCUT2D eigenvalue weighted by Crippen LogP contribution is -2.59. The number of rotatable bonds is 3. The second-order valence-electron chi connectivity index (χ2n) is 10.2. The molecule has 3 aliphatic carbocycles. The monoisotopic (exact) mass is 386 g/mol.